The normalized spacial score (nSPS) is 28.5. The minimum absolute atomic E-state index is 0.222. The first-order valence-corrected chi connectivity index (χ1v) is 3.51. The van der Waals surface area contributed by atoms with Gasteiger partial charge in [0.1, 0.15) is 0 Å². The zero-order chi connectivity index (χ0) is 8.48. The second-order valence-corrected chi connectivity index (χ2v) is 3.47. The summed E-state index contributed by atoms with van der Waals surface area (Å²) in [4.78, 5) is 14.5. The zero-order valence-corrected chi connectivity index (χ0v) is 6.66. The molecule has 1 N–H and O–H groups in total. The van der Waals surface area contributed by atoms with Crippen molar-refractivity contribution in [3.05, 3.63) is 0 Å². The molecule has 1 rings (SSSR count). The first kappa shape index (κ1) is 8.49. The van der Waals surface area contributed by atoms with E-state index in [2.05, 4.69) is 4.89 Å². The number of hydrogen-bond donors (Lipinski definition) is 1. The van der Waals surface area contributed by atoms with Crippen LogP contribution in [0.15, 0.2) is 0 Å². The molecule has 11 heavy (non-hydrogen) atoms. The van der Waals surface area contributed by atoms with Crippen LogP contribution in [-0.4, -0.2) is 24.4 Å². The molecule has 0 aromatic heterocycles. The molecule has 0 aliphatic carbocycles. The van der Waals surface area contributed by atoms with E-state index in [4.69, 9.17) is 9.99 Å². The van der Waals surface area contributed by atoms with Crippen LogP contribution in [0, 0.1) is 11.3 Å². The molecule has 4 heteroatoms. The van der Waals surface area contributed by atoms with Gasteiger partial charge in [-0.1, -0.05) is 13.8 Å². The monoisotopic (exact) mass is 160 g/mol. The quantitative estimate of drug-likeness (QED) is 0.452. The van der Waals surface area contributed by atoms with Gasteiger partial charge in [-0.15, -0.1) is 0 Å². The van der Waals surface area contributed by atoms with Gasteiger partial charge in [-0.2, -0.15) is 5.26 Å². The van der Waals surface area contributed by atoms with E-state index < -0.39 is 5.97 Å². The Labute approximate surface area is 65.0 Å². The van der Waals surface area contributed by atoms with Gasteiger partial charge in [0.15, 0.2) is 0 Å². The maximum Gasteiger partial charge on any atom is 0.348 e. The summed E-state index contributed by atoms with van der Waals surface area (Å²) < 4.78 is 5.08. The van der Waals surface area contributed by atoms with Gasteiger partial charge >= 0.3 is 5.97 Å². The van der Waals surface area contributed by atoms with Crippen molar-refractivity contribution in [2.45, 2.75) is 13.8 Å². The van der Waals surface area contributed by atoms with Crippen LogP contribution in [0.1, 0.15) is 13.8 Å². The summed E-state index contributed by atoms with van der Waals surface area (Å²) >= 11 is 0. The molecule has 1 saturated heterocycles. The molecule has 1 atom stereocenters. The molecular formula is C7H12O4. The number of carbonyl (C=O) groups is 1. The van der Waals surface area contributed by atoms with Crippen LogP contribution in [0.3, 0.4) is 0 Å². The number of hydrogen-bond acceptors (Lipinski definition) is 4. The van der Waals surface area contributed by atoms with Gasteiger partial charge in [-0.3, -0.25) is 0 Å². The molecule has 1 heterocycles. The third kappa shape index (κ3) is 1.52. The van der Waals surface area contributed by atoms with Crippen LogP contribution in [-0.2, 0) is 14.4 Å². The Balaban J connectivity index is 2.64. The van der Waals surface area contributed by atoms with E-state index in [0.29, 0.717) is 13.2 Å². The van der Waals surface area contributed by atoms with Crippen molar-refractivity contribution in [3.8, 4) is 0 Å². The molecule has 0 radical (unpaired) electrons. The maximum absolute atomic E-state index is 10.9. The third-order valence-electron chi connectivity index (χ3n) is 2.08. The number of ether oxygens (including phenoxy) is 1. The molecule has 0 aromatic rings. The second-order valence-electron chi connectivity index (χ2n) is 3.47. The molecule has 1 fully saturated rings. The van der Waals surface area contributed by atoms with Crippen LogP contribution in [0.4, 0.5) is 0 Å². The molecule has 0 bridgehead atoms. The molecule has 0 aromatic carbocycles. The van der Waals surface area contributed by atoms with E-state index in [-0.39, 0.29) is 11.3 Å². The molecule has 1 aliphatic rings. The summed E-state index contributed by atoms with van der Waals surface area (Å²) in [5, 5.41) is 8.12. The molecular weight excluding hydrogens is 148 g/mol. The topological polar surface area (TPSA) is 55.8 Å². The van der Waals surface area contributed by atoms with E-state index >= 15 is 0 Å². The highest BCUT2D eigenvalue weighted by Crippen LogP contribution is 2.33. The van der Waals surface area contributed by atoms with Gasteiger partial charge in [-0.25, -0.2) is 4.79 Å². The van der Waals surface area contributed by atoms with Crippen molar-refractivity contribution < 1.29 is 19.7 Å². The summed E-state index contributed by atoms with van der Waals surface area (Å²) in [5.41, 5.74) is -0.222. The Morgan fingerprint density at radius 3 is 2.73 bits per heavy atom. The van der Waals surface area contributed by atoms with Gasteiger partial charge in [0, 0.05) is 5.41 Å². The Bertz CT molecular complexity index is 164. The smallest absolute Gasteiger partial charge is 0.348 e. The van der Waals surface area contributed by atoms with E-state index in [1.165, 1.54) is 0 Å². The summed E-state index contributed by atoms with van der Waals surface area (Å²) in [6, 6.07) is 0. The van der Waals surface area contributed by atoms with Crippen molar-refractivity contribution in [1.82, 2.24) is 0 Å². The Kier molecular flexibility index (Phi) is 2.15. The van der Waals surface area contributed by atoms with Crippen molar-refractivity contribution in [2.75, 3.05) is 13.2 Å². The van der Waals surface area contributed by atoms with E-state index in [9.17, 15) is 4.79 Å². The first-order chi connectivity index (χ1) is 5.08. The van der Waals surface area contributed by atoms with Gasteiger partial charge in [0.2, 0.25) is 0 Å². The van der Waals surface area contributed by atoms with Crippen LogP contribution in [0.2, 0.25) is 0 Å². The van der Waals surface area contributed by atoms with Crippen molar-refractivity contribution in [3.63, 3.8) is 0 Å². The van der Waals surface area contributed by atoms with Gasteiger partial charge < -0.3 is 9.62 Å². The summed E-state index contributed by atoms with van der Waals surface area (Å²) in [6.45, 7) is 4.68. The van der Waals surface area contributed by atoms with Crippen LogP contribution in [0.25, 0.3) is 0 Å². The van der Waals surface area contributed by atoms with Crippen molar-refractivity contribution in [2.24, 2.45) is 11.3 Å². The molecule has 0 spiro atoms. The lowest BCUT2D eigenvalue weighted by Crippen LogP contribution is -2.30. The lowest BCUT2D eigenvalue weighted by Gasteiger charge is -2.20. The van der Waals surface area contributed by atoms with E-state index in [0.717, 1.165) is 0 Å². The SMILES string of the molecule is CC1(C)COC[C@@H]1C(=O)OO. The molecule has 0 unspecified atom stereocenters. The number of rotatable bonds is 1. The molecule has 1 aliphatic heterocycles. The minimum Gasteiger partial charge on any atom is -0.380 e. The van der Waals surface area contributed by atoms with E-state index in [1.54, 1.807) is 0 Å². The fourth-order valence-corrected chi connectivity index (χ4v) is 1.22. The maximum atomic E-state index is 10.9. The van der Waals surface area contributed by atoms with Gasteiger partial charge in [0.05, 0.1) is 19.1 Å². The third-order valence-corrected chi connectivity index (χ3v) is 2.08. The highest BCUT2D eigenvalue weighted by Gasteiger charge is 2.42. The Morgan fingerprint density at radius 1 is 1.73 bits per heavy atom. The molecule has 64 valence electrons. The van der Waals surface area contributed by atoms with Crippen LogP contribution in [0.5, 0.6) is 0 Å². The van der Waals surface area contributed by atoms with Crippen molar-refractivity contribution in [1.29, 1.82) is 0 Å². The number of carbonyl (C=O) groups excluding carboxylic acids is 1. The predicted molar refractivity (Wildman–Crippen MR) is 36.8 cm³/mol. The average Bonchev–Trinajstić information content (AvgIpc) is 2.28. The summed E-state index contributed by atoms with van der Waals surface area (Å²) in [7, 11) is 0. The highest BCUT2D eigenvalue weighted by atomic mass is 17.1. The standard InChI is InChI=1S/C7H12O4/c1-7(2)4-10-3-5(7)6(8)11-9/h5,9H,3-4H2,1-2H3/t5-/m1/s1. The second kappa shape index (κ2) is 2.79. The zero-order valence-electron chi connectivity index (χ0n) is 6.66. The van der Waals surface area contributed by atoms with Crippen molar-refractivity contribution >= 4 is 5.97 Å². The highest BCUT2D eigenvalue weighted by molar-refractivity contribution is 5.73. The van der Waals surface area contributed by atoms with Gasteiger partial charge in [0.25, 0.3) is 0 Å². The largest absolute Gasteiger partial charge is 0.380 e. The fourth-order valence-electron chi connectivity index (χ4n) is 1.22. The summed E-state index contributed by atoms with van der Waals surface area (Å²) in [5.74, 6) is -0.944. The Morgan fingerprint density at radius 2 is 2.36 bits per heavy atom. The van der Waals surface area contributed by atoms with Crippen LogP contribution >= 0.6 is 0 Å². The van der Waals surface area contributed by atoms with Gasteiger partial charge in [-0.05, 0) is 0 Å². The lowest BCUT2D eigenvalue weighted by atomic mass is 9.82. The first-order valence-electron chi connectivity index (χ1n) is 3.51. The average molecular weight is 160 g/mol. The Hall–Kier alpha value is -0.610. The summed E-state index contributed by atoms with van der Waals surface area (Å²) in [6.07, 6.45) is 0. The molecule has 0 amide bonds. The lowest BCUT2D eigenvalue weighted by molar-refractivity contribution is -0.241. The fraction of sp³-hybridized carbons (Fsp3) is 0.857. The predicted octanol–water partition coefficient (Wildman–Crippen LogP) is 0.675. The molecule has 4 nitrogen and oxygen atoms in total. The van der Waals surface area contributed by atoms with Crippen LogP contribution < -0.4 is 0 Å². The minimum atomic E-state index is -0.604. The molecule has 0 saturated carbocycles. The van der Waals surface area contributed by atoms with E-state index in [1.807, 2.05) is 13.8 Å².